The SMILES string of the molecule is CC(C)(C)NC(=O)C1CCCC1.CC(C)(C)NC(=O)Cc1ccccc1.CC(C)CNC(=O)C(C)(C)C.CC(NC(=O)C(C)(C)C)c1ccccc1.CCC(C)NC(=O)C(C)(C)C.CCCC(C)NC(C)(C)C. The summed E-state index contributed by atoms with van der Waals surface area (Å²) in [6.07, 6.45) is 8.61. The van der Waals surface area contributed by atoms with Crippen molar-refractivity contribution in [3.63, 3.8) is 0 Å². The zero-order valence-corrected chi connectivity index (χ0v) is 51.6. The topological polar surface area (TPSA) is 158 Å². The Kier molecular flexibility index (Phi) is 35.1. The largest absolute Gasteiger partial charge is 0.355 e. The first-order chi connectivity index (χ1) is 33.0. The lowest BCUT2D eigenvalue weighted by molar-refractivity contribution is -0.129. The van der Waals surface area contributed by atoms with Crippen molar-refractivity contribution in [1.29, 1.82) is 0 Å². The molecule has 11 nitrogen and oxygen atoms in total. The molecule has 73 heavy (non-hydrogen) atoms. The van der Waals surface area contributed by atoms with Crippen LogP contribution in [-0.2, 0) is 30.4 Å². The number of nitrogens with one attached hydrogen (secondary N) is 6. The lowest BCUT2D eigenvalue weighted by Gasteiger charge is -2.25. The van der Waals surface area contributed by atoms with Gasteiger partial charge in [0.25, 0.3) is 0 Å². The van der Waals surface area contributed by atoms with Gasteiger partial charge in [0.2, 0.25) is 29.5 Å². The lowest BCUT2D eigenvalue weighted by Crippen LogP contribution is -2.43. The second kappa shape index (κ2) is 35.1. The maximum absolute atomic E-state index is 11.7. The van der Waals surface area contributed by atoms with E-state index in [1.807, 2.05) is 178 Å². The minimum Gasteiger partial charge on any atom is -0.355 e. The van der Waals surface area contributed by atoms with E-state index in [2.05, 4.69) is 87.3 Å². The van der Waals surface area contributed by atoms with E-state index < -0.39 is 0 Å². The summed E-state index contributed by atoms with van der Waals surface area (Å²) in [6, 6.07) is 20.8. The Morgan fingerprint density at radius 1 is 0.534 bits per heavy atom. The first-order valence-electron chi connectivity index (χ1n) is 27.4. The molecule has 3 unspecified atom stereocenters. The molecule has 11 heteroatoms. The van der Waals surface area contributed by atoms with Gasteiger partial charge in [0.15, 0.2) is 0 Å². The zero-order valence-electron chi connectivity index (χ0n) is 51.6. The maximum atomic E-state index is 11.7. The number of benzene rings is 2. The molecule has 3 rings (SSSR count). The highest BCUT2D eigenvalue weighted by molar-refractivity contribution is 5.82. The number of amides is 5. The van der Waals surface area contributed by atoms with E-state index in [1.165, 1.54) is 25.7 Å². The molecule has 0 heterocycles. The standard InChI is InChI=1S/C13H19NO.C12H17NO.C10H19NO.2C9H19NO.C9H21N/c1-10(11-8-6-5-7-9-11)14-12(15)13(2,3)4;1-12(2,3)13-11(14)9-10-7-5-4-6-8-10;1-10(2,3)11-9(12)8-6-4-5-7-8;1-7(2)6-10-8(11)9(3,4)5;1-6-7(2)10-8(11)9(3,4)5;1-6-7-8(2)10-9(3,4)5/h5-10H,1-4H3,(H,14,15);4-8H,9H2,1-3H3,(H,13,14);8H,4-7H2,1-3H3,(H,11,12);2*7H,6H2,1-5H3,(H,10,11);8,10H,6-7H2,1-5H3. The van der Waals surface area contributed by atoms with Gasteiger partial charge in [-0.3, -0.25) is 24.0 Å². The summed E-state index contributed by atoms with van der Waals surface area (Å²) in [4.78, 5) is 57.4. The zero-order chi connectivity index (χ0) is 57.6. The molecule has 2 aromatic rings. The summed E-state index contributed by atoms with van der Waals surface area (Å²) < 4.78 is 0. The van der Waals surface area contributed by atoms with E-state index in [1.54, 1.807) is 0 Å². The number of carbonyl (C=O) groups excluding carboxylic acids is 5. The molecule has 1 aliphatic rings. The van der Waals surface area contributed by atoms with Crippen molar-refractivity contribution in [2.45, 2.75) is 259 Å². The molecule has 1 aliphatic carbocycles. The Morgan fingerprint density at radius 3 is 1.33 bits per heavy atom. The highest BCUT2D eigenvalue weighted by Crippen LogP contribution is 2.25. The molecule has 6 N–H and O–H groups in total. The van der Waals surface area contributed by atoms with E-state index in [9.17, 15) is 24.0 Å². The molecule has 0 radical (unpaired) electrons. The van der Waals surface area contributed by atoms with Gasteiger partial charge in [-0.2, -0.15) is 0 Å². The van der Waals surface area contributed by atoms with Crippen molar-refractivity contribution in [1.82, 2.24) is 31.9 Å². The monoisotopic (exact) mass is 1020 g/mol. The molecule has 5 amide bonds. The van der Waals surface area contributed by atoms with Crippen molar-refractivity contribution >= 4 is 29.5 Å². The Hall–Kier alpha value is -4.25. The number of hydrogen-bond donors (Lipinski definition) is 6. The van der Waals surface area contributed by atoms with Crippen LogP contribution in [0.1, 0.15) is 235 Å². The predicted molar refractivity (Wildman–Crippen MR) is 312 cm³/mol. The summed E-state index contributed by atoms with van der Waals surface area (Å²) in [6.45, 7) is 51.4. The van der Waals surface area contributed by atoms with Crippen LogP contribution in [-0.4, -0.2) is 64.8 Å². The van der Waals surface area contributed by atoms with Gasteiger partial charge in [0.05, 0.1) is 12.5 Å². The second-order valence-electron chi connectivity index (χ2n) is 26.5. The molecule has 2 aromatic carbocycles. The number of carbonyl (C=O) groups is 5. The van der Waals surface area contributed by atoms with E-state index in [4.69, 9.17) is 0 Å². The van der Waals surface area contributed by atoms with Gasteiger partial charge in [-0.15, -0.1) is 0 Å². The van der Waals surface area contributed by atoms with E-state index >= 15 is 0 Å². The normalized spacial score (nSPS) is 14.1. The van der Waals surface area contributed by atoms with E-state index in [-0.39, 0.29) is 68.4 Å². The van der Waals surface area contributed by atoms with Crippen LogP contribution in [0.2, 0.25) is 0 Å². The molecule has 0 bridgehead atoms. The Balaban J connectivity index is -0.000000811. The van der Waals surface area contributed by atoms with Crippen LogP contribution in [0.4, 0.5) is 0 Å². The first kappa shape index (κ1) is 73.0. The van der Waals surface area contributed by atoms with Crippen LogP contribution in [0.3, 0.4) is 0 Å². The van der Waals surface area contributed by atoms with Crippen LogP contribution in [0.15, 0.2) is 60.7 Å². The molecule has 422 valence electrons. The second-order valence-corrected chi connectivity index (χ2v) is 26.5. The average molecular weight is 1020 g/mol. The van der Waals surface area contributed by atoms with E-state index in [0.29, 0.717) is 30.3 Å². The molecule has 0 aliphatic heterocycles. The third-order valence-electron chi connectivity index (χ3n) is 10.7. The van der Waals surface area contributed by atoms with Gasteiger partial charge in [-0.25, -0.2) is 0 Å². The molecule has 3 atom stereocenters. The van der Waals surface area contributed by atoms with Crippen molar-refractivity contribution in [2.24, 2.45) is 28.1 Å². The minimum atomic E-state index is -0.330. The fourth-order valence-corrected chi connectivity index (χ4v) is 6.49. The molecule has 0 aromatic heterocycles. The van der Waals surface area contributed by atoms with Crippen LogP contribution in [0, 0.1) is 28.1 Å². The van der Waals surface area contributed by atoms with Crippen LogP contribution < -0.4 is 31.9 Å². The maximum Gasteiger partial charge on any atom is 0.225 e. The van der Waals surface area contributed by atoms with Gasteiger partial charge in [0, 0.05) is 57.4 Å². The van der Waals surface area contributed by atoms with E-state index in [0.717, 1.165) is 36.9 Å². The highest BCUT2D eigenvalue weighted by atomic mass is 16.2. The molecule has 1 saturated carbocycles. The Morgan fingerprint density at radius 2 is 0.959 bits per heavy atom. The van der Waals surface area contributed by atoms with Crippen LogP contribution in [0.25, 0.3) is 0 Å². The van der Waals surface area contributed by atoms with Gasteiger partial charge in [-0.05, 0) is 126 Å². The molecular formula is C62H114N6O5. The summed E-state index contributed by atoms with van der Waals surface area (Å²) in [5.41, 5.74) is 1.39. The molecule has 0 saturated heterocycles. The Bertz CT molecular complexity index is 1800. The highest BCUT2D eigenvalue weighted by Gasteiger charge is 2.26. The van der Waals surface area contributed by atoms with Gasteiger partial charge in [0.1, 0.15) is 0 Å². The van der Waals surface area contributed by atoms with Gasteiger partial charge in [-0.1, -0.05) is 170 Å². The first-order valence-corrected chi connectivity index (χ1v) is 27.4. The van der Waals surface area contributed by atoms with Crippen molar-refractivity contribution in [3.8, 4) is 0 Å². The van der Waals surface area contributed by atoms with Crippen LogP contribution in [0.5, 0.6) is 0 Å². The number of hydrogen-bond acceptors (Lipinski definition) is 6. The summed E-state index contributed by atoms with van der Waals surface area (Å²) in [5, 5.41) is 18.3. The van der Waals surface area contributed by atoms with Crippen molar-refractivity contribution in [3.05, 3.63) is 71.8 Å². The molecule has 1 fully saturated rings. The van der Waals surface area contributed by atoms with Gasteiger partial charge < -0.3 is 31.9 Å². The summed E-state index contributed by atoms with van der Waals surface area (Å²) >= 11 is 0. The Labute approximate surface area is 449 Å². The predicted octanol–water partition coefficient (Wildman–Crippen LogP) is 13.5. The van der Waals surface area contributed by atoms with Gasteiger partial charge >= 0.3 is 0 Å². The fourth-order valence-electron chi connectivity index (χ4n) is 6.49. The van der Waals surface area contributed by atoms with Crippen molar-refractivity contribution < 1.29 is 24.0 Å². The molecular weight excluding hydrogens is 909 g/mol. The van der Waals surface area contributed by atoms with Crippen molar-refractivity contribution in [2.75, 3.05) is 6.54 Å². The summed E-state index contributed by atoms with van der Waals surface area (Å²) in [7, 11) is 0. The quantitative estimate of drug-likeness (QED) is 0.124. The minimum absolute atomic E-state index is 0.0675. The third-order valence-corrected chi connectivity index (χ3v) is 10.7. The smallest absolute Gasteiger partial charge is 0.225 e. The lowest BCUT2D eigenvalue weighted by atomic mass is 9.95. The average Bonchev–Trinajstić information content (AvgIpc) is 3.78. The summed E-state index contributed by atoms with van der Waals surface area (Å²) in [5.74, 6) is 1.49. The molecule has 0 spiro atoms. The fraction of sp³-hybridized carbons (Fsp3) is 0.726. The number of rotatable bonds is 12. The van der Waals surface area contributed by atoms with Crippen LogP contribution >= 0.6 is 0 Å². The third kappa shape index (κ3) is 43.8.